The minimum absolute atomic E-state index is 0.250. The summed E-state index contributed by atoms with van der Waals surface area (Å²) in [4.78, 5) is 12.5. The maximum atomic E-state index is 10.7. The van der Waals surface area contributed by atoms with Crippen molar-refractivity contribution in [3.8, 4) is 0 Å². The molecule has 1 aromatic carbocycles. The molecule has 1 atom stereocenters. The standard InChI is InChI=1S/C13H17N.C6H10N2O2S2.CH3NO/c1-14-13-11-6-2-4-9(11)8-10-5-3-7-12(10)13;1-6(2,9)5-8-4(3-11-5)12(7)10;2-1-3/h8,14H,2-7H2,1H3;3,9H,7H2,1-2H3;1H,(H2,2,3). The average Bonchev–Trinajstić information content (AvgIpc) is 3.39. The van der Waals surface area contributed by atoms with Crippen molar-refractivity contribution in [2.75, 3.05) is 12.4 Å². The zero-order valence-corrected chi connectivity index (χ0v) is 18.8. The number of anilines is 1. The summed E-state index contributed by atoms with van der Waals surface area (Å²) in [5.41, 5.74) is 11.1. The number of amides is 1. The summed E-state index contributed by atoms with van der Waals surface area (Å²) < 4.78 is 10.7. The van der Waals surface area contributed by atoms with Crippen LogP contribution in [0.4, 0.5) is 5.69 Å². The highest BCUT2D eigenvalue weighted by molar-refractivity contribution is 7.82. The Hall–Kier alpha value is -1.81. The van der Waals surface area contributed by atoms with E-state index >= 15 is 0 Å². The van der Waals surface area contributed by atoms with E-state index in [0.29, 0.717) is 10.0 Å². The number of aromatic nitrogens is 1. The molecule has 0 bridgehead atoms. The molecule has 29 heavy (non-hydrogen) atoms. The van der Waals surface area contributed by atoms with Gasteiger partial charge >= 0.3 is 0 Å². The smallest absolute Gasteiger partial charge is 0.204 e. The number of thiazole rings is 1. The van der Waals surface area contributed by atoms with Crippen molar-refractivity contribution in [2.45, 2.75) is 63.0 Å². The van der Waals surface area contributed by atoms with Gasteiger partial charge in [0.2, 0.25) is 6.41 Å². The van der Waals surface area contributed by atoms with Crippen LogP contribution >= 0.6 is 11.3 Å². The number of nitrogens with zero attached hydrogens (tertiary/aromatic N) is 1. The highest BCUT2D eigenvalue weighted by Gasteiger charge is 2.23. The van der Waals surface area contributed by atoms with Gasteiger partial charge in [0.1, 0.15) is 21.6 Å². The molecule has 1 unspecified atom stereocenters. The first kappa shape index (κ1) is 23.5. The largest absolute Gasteiger partial charge is 0.388 e. The molecule has 2 aliphatic rings. The fraction of sp³-hybridized carbons (Fsp3) is 0.500. The van der Waals surface area contributed by atoms with E-state index in [1.807, 2.05) is 0 Å². The highest BCUT2D eigenvalue weighted by atomic mass is 32.2. The predicted molar refractivity (Wildman–Crippen MR) is 118 cm³/mol. The van der Waals surface area contributed by atoms with Crippen molar-refractivity contribution in [2.24, 2.45) is 10.9 Å². The van der Waals surface area contributed by atoms with E-state index in [2.05, 4.69) is 29.1 Å². The van der Waals surface area contributed by atoms with Crippen molar-refractivity contribution in [3.05, 3.63) is 38.7 Å². The van der Waals surface area contributed by atoms with Gasteiger partial charge in [0.15, 0.2) is 5.03 Å². The molecule has 7 nitrogen and oxygen atoms in total. The molecule has 9 heteroatoms. The topological polar surface area (TPSA) is 131 Å². The van der Waals surface area contributed by atoms with E-state index in [4.69, 9.17) is 9.93 Å². The quantitative estimate of drug-likeness (QED) is 0.545. The van der Waals surface area contributed by atoms with Crippen LogP contribution in [0, 0.1) is 0 Å². The van der Waals surface area contributed by atoms with Crippen LogP contribution in [0.15, 0.2) is 16.5 Å². The van der Waals surface area contributed by atoms with Crippen molar-refractivity contribution >= 4 is 34.4 Å². The summed E-state index contributed by atoms with van der Waals surface area (Å²) in [7, 11) is 0.521. The molecule has 160 valence electrons. The van der Waals surface area contributed by atoms with E-state index in [1.54, 1.807) is 41.5 Å². The molecule has 0 saturated heterocycles. The summed E-state index contributed by atoms with van der Waals surface area (Å²) in [5, 5.41) is 20.5. The van der Waals surface area contributed by atoms with E-state index in [0.717, 1.165) is 0 Å². The molecule has 0 saturated carbocycles. The lowest BCUT2D eigenvalue weighted by Crippen LogP contribution is -2.15. The van der Waals surface area contributed by atoms with Gasteiger partial charge in [-0.2, -0.15) is 0 Å². The van der Waals surface area contributed by atoms with Crippen LogP contribution in [0.3, 0.4) is 0 Å². The summed E-state index contributed by atoms with van der Waals surface area (Å²) in [5.74, 6) is 0. The van der Waals surface area contributed by atoms with Gasteiger partial charge in [0.25, 0.3) is 0 Å². The molecule has 0 fully saturated rings. The molecular formula is C20H30N4O3S2. The Morgan fingerprint density at radius 3 is 2.07 bits per heavy atom. The van der Waals surface area contributed by atoms with Gasteiger partial charge in [0, 0.05) is 18.1 Å². The third-order valence-electron chi connectivity index (χ3n) is 4.94. The Labute approximate surface area is 178 Å². The molecule has 2 aromatic rings. The third-order valence-corrected chi connectivity index (χ3v) is 6.86. The summed E-state index contributed by atoms with van der Waals surface area (Å²) in [6.07, 6.45) is 8.14. The lowest BCUT2D eigenvalue weighted by Gasteiger charge is -2.14. The van der Waals surface area contributed by atoms with Crippen LogP contribution in [0.25, 0.3) is 0 Å². The summed E-state index contributed by atoms with van der Waals surface area (Å²) in [6, 6.07) is 2.48. The lowest BCUT2D eigenvalue weighted by atomic mass is 9.99. The number of carbonyl (C=O) groups excluding carboxylic acids is 1. The highest BCUT2D eigenvalue weighted by Crippen LogP contribution is 2.38. The Morgan fingerprint density at radius 1 is 1.21 bits per heavy atom. The minimum atomic E-state index is -1.55. The Morgan fingerprint density at radius 2 is 1.72 bits per heavy atom. The minimum Gasteiger partial charge on any atom is -0.388 e. The van der Waals surface area contributed by atoms with Crippen LogP contribution in [0.1, 0.15) is 54.0 Å². The second-order valence-electron chi connectivity index (χ2n) is 7.47. The molecule has 2 aliphatic carbocycles. The van der Waals surface area contributed by atoms with Crippen LogP contribution in [-0.4, -0.2) is 27.8 Å². The number of aliphatic hydroxyl groups is 1. The average molecular weight is 439 g/mol. The third kappa shape index (κ3) is 5.85. The van der Waals surface area contributed by atoms with Gasteiger partial charge in [-0.1, -0.05) is 6.07 Å². The number of nitrogens with two attached hydrogens (primary N) is 2. The number of carbonyl (C=O) groups is 1. The summed E-state index contributed by atoms with van der Waals surface area (Å²) >= 11 is 1.25. The van der Waals surface area contributed by atoms with Crippen molar-refractivity contribution < 1.29 is 14.1 Å². The van der Waals surface area contributed by atoms with Gasteiger partial charge < -0.3 is 16.2 Å². The van der Waals surface area contributed by atoms with E-state index in [-0.39, 0.29) is 6.41 Å². The van der Waals surface area contributed by atoms with Crippen LogP contribution < -0.4 is 16.2 Å². The number of fused-ring (bicyclic) bond motifs is 2. The van der Waals surface area contributed by atoms with E-state index in [9.17, 15) is 9.32 Å². The molecule has 0 radical (unpaired) electrons. The number of rotatable bonds is 3. The molecule has 1 aromatic heterocycles. The number of primary amides is 1. The first-order valence-corrected chi connectivity index (χ1v) is 11.7. The SMILES string of the molecule is CC(C)(O)c1nc(S(N)=O)cs1.CNc1c2c(cc3c1CCC3)CCC2.NC=O. The first-order chi connectivity index (χ1) is 13.7. The van der Waals surface area contributed by atoms with Crippen molar-refractivity contribution in [3.63, 3.8) is 0 Å². The molecule has 1 amide bonds. The van der Waals surface area contributed by atoms with Gasteiger partial charge in [0.05, 0.1) is 0 Å². The van der Waals surface area contributed by atoms with Gasteiger partial charge in [-0.3, -0.25) is 4.79 Å². The van der Waals surface area contributed by atoms with Gasteiger partial charge in [-0.05, 0) is 74.6 Å². The van der Waals surface area contributed by atoms with E-state index < -0.39 is 16.6 Å². The zero-order valence-electron chi connectivity index (χ0n) is 17.2. The lowest BCUT2D eigenvalue weighted by molar-refractivity contribution is -0.106. The van der Waals surface area contributed by atoms with Crippen LogP contribution in [0.2, 0.25) is 0 Å². The maximum Gasteiger partial charge on any atom is 0.204 e. The molecule has 0 aliphatic heterocycles. The number of nitrogens with one attached hydrogen (secondary N) is 1. The van der Waals surface area contributed by atoms with Crippen molar-refractivity contribution in [1.29, 1.82) is 0 Å². The maximum absolute atomic E-state index is 10.7. The fourth-order valence-electron chi connectivity index (χ4n) is 3.75. The van der Waals surface area contributed by atoms with Crippen LogP contribution in [-0.2, 0) is 47.1 Å². The normalized spacial score (nSPS) is 15.2. The zero-order chi connectivity index (χ0) is 21.6. The monoisotopic (exact) mass is 438 g/mol. The second-order valence-corrected chi connectivity index (χ2v) is 9.34. The number of hydrogen-bond donors (Lipinski definition) is 4. The molecule has 6 N–H and O–H groups in total. The van der Waals surface area contributed by atoms with Gasteiger partial charge in [-0.15, -0.1) is 11.3 Å². The molecule has 0 spiro atoms. The van der Waals surface area contributed by atoms with E-state index in [1.165, 1.54) is 55.5 Å². The predicted octanol–water partition coefficient (Wildman–Crippen LogP) is 2.16. The molecule has 4 rings (SSSR count). The Balaban J connectivity index is 0.000000185. The number of aryl methyl sites for hydroxylation is 2. The number of hydrogen-bond acceptors (Lipinski definition) is 6. The first-order valence-electron chi connectivity index (χ1n) is 9.57. The fourth-order valence-corrected chi connectivity index (χ4v) is 5.22. The Bertz CT molecular complexity index is 843. The number of benzene rings is 1. The summed E-state index contributed by atoms with van der Waals surface area (Å²) in [6.45, 7) is 3.24. The molecular weight excluding hydrogens is 408 g/mol. The Kier molecular flexibility index (Phi) is 8.33. The van der Waals surface area contributed by atoms with Crippen molar-refractivity contribution in [1.82, 2.24) is 4.98 Å². The van der Waals surface area contributed by atoms with Crippen LogP contribution in [0.5, 0.6) is 0 Å². The molecule has 1 heterocycles. The van der Waals surface area contributed by atoms with Gasteiger partial charge in [-0.25, -0.2) is 14.3 Å². The second kappa shape index (κ2) is 10.3.